The van der Waals surface area contributed by atoms with E-state index in [1.807, 2.05) is 69.1 Å². The molecule has 2 atom stereocenters. The Bertz CT molecular complexity index is 1120. The third-order valence-electron chi connectivity index (χ3n) is 6.58. The van der Waals surface area contributed by atoms with Gasteiger partial charge < -0.3 is 14.4 Å². The van der Waals surface area contributed by atoms with Gasteiger partial charge in [-0.05, 0) is 70.9 Å². The van der Waals surface area contributed by atoms with Crippen LogP contribution in [0.15, 0.2) is 42.1 Å². The number of carbonyl (C=O) groups is 3. The zero-order chi connectivity index (χ0) is 24.5. The van der Waals surface area contributed by atoms with E-state index < -0.39 is 11.7 Å². The number of fused-ring (bicyclic) bond motifs is 2. The molecule has 2 aliphatic rings. The Morgan fingerprint density at radius 2 is 1.88 bits per heavy atom. The van der Waals surface area contributed by atoms with E-state index in [1.54, 1.807) is 4.57 Å². The molecule has 1 fully saturated rings. The van der Waals surface area contributed by atoms with Gasteiger partial charge in [-0.1, -0.05) is 24.3 Å². The van der Waals surface area contributed by atoms with Gasteiger partial charge in [-0.25, -0.2) is 9.59 Å². The van der Waals surface area contributed by atoms with Crippen LogP contribution in [0.25, 0.3) is 10.9 Å². The van der Waals surface area contributed by atoms with Crippen LogP contribution in [0, 0.1) is 5.92 Å². The van der Waals surface area contributed by atoms with Crippen LogP contribution in [0.3, 0.4) is 0 Å². The number of benzene rings is 1. The second-order valence-corrected chi connectivity index (χ2v) is 10.1. The number of para-hydroxylation sites is 1. The summed E-state index contributed by atoms with van der Waals surface area (Å²) in [6, 6.07) is 7.87. The molecule has 0 N–H and O–H groups in total. The number of hydrogen-bond donors (Lipinski definition) is 0. The van der Waals surface area contributed by atoms with Gasteiger partial charge in [-0.3, -0.25) is 9.36 Å². The van der Waals surface area contributed by atoms with Gasteiger partial charge in [-0.15, -0.1) is 0 Å². The molecule has 1 aliphatic heterocycles. The summed E-state index contributed by atoms with van der Waals surface area (Å²) in [5, 5.41) is 0.988. The molecule has 1 amide bonds. The molecular weight excluding hydrogens is 432 g/mol. The second kappa shape index (κ2) is 9.65. The van der Waals surface area contributed by atoms with Crippen molar-refractivity contribution in [3.8, 4) is 0 Å². The van der Waals surface area contributed by atoms with E-state index in [9.17, 15) is 14.4 Å². The van der Waals surface area contributed by atoms with Crippen molar-refractivity contribution in [3.63, 3.8) is 0 Å². The van der Waals surface area contributed by atoms with E-state index in [0.29, 0.717) is 32.4 Å². The van der Waals surface area contributed by atoms with E-state index in [2.05, 4.69) is 0 Å². The molecule has 1 aromatic heterocycles. The number of aromatic nitrogens is 1. The summed E-state index contributed by atoms with van der Waals surface area (Å²) in [5.74, 6) is 0.0958. The standard InChI is InChI=1S/C27H34N2O5/c1-5-33-25(31)19-10-12-22-18(16-19)11-13-24(30)28(22)15-14-20-17-29(26(32)34-27(2,3)4)23-9-7-6-8-21(20)23/h6-9,16-18,22H,5,10-15H2,1-4H3/t18-,22-/m0/s1. The van der Waals surface area contributed by atoms with Gasteiger partial charge in [-0.2, -0.15) is 0 Å². The fourth-order valence-electron chi connectivity index (χ4n) is 5.09. The molecule has 0 bridgehead atoms. The van der Waals surface area contributed by atoms with Crippen molar-refractivity contribution < 1.29 is 23.9 Å². The average Bonchev–Trinajstić information content (AvgIpc) is 3.16. The Morgan fingerprint density at radius 3 is 2.62 bits per heavy atom. The summed E-state index contributed by atoms with van der Waals surface area (Å²) in [5.41, 5.74) is 1.96. The molecule has 0 spiro atoms. The molecule has 1 saturated heterocycles. The first kappa shape index (κ1) is 24.0. The van der Waals surface area contributed by atoms with Crippen LogP contribution in [-0.2, 0) is 25.5 Å². The topological polar surface area (TPSA) is 77.8 Å². The molecule has 4 rings (SSSR count). The molecule has 182 valence electrons. The molecule has 34 heavy (non-hydrogen) atoms. The lowest BCUT2D eigenvalue weighted by molar-refractivity contribution is -0.139. The number of likely N-dealkylation sites (tertiary alicyclic amines) is 1. The second-order valence-electron chi connectivity index (χ2n) is 10.1. The van der Waals surface area contributed by atoms with Gasteiger partial charge >= 0.3 is 12.1 Å². The fourth-order valence-corrected chi connectivity index (χ4v) is 5.09. The third-order valence-corrected chi connectivity index (χ3v) is 6.58. The molecular formula is C27H34N2O5. The van der Waals surface area contributed by atoms with Crippen LogP contribution in [0.1, 0.15) is 58.9 Å². The van der Waals surface area contributed by atoms with E-state index in [1.165, 1.54) is 0 Å². The Morgan fingerprint density at radius 1 is 1.12 bits per heavy atom. The number of piperidine rings is 1. The zero-order valence-corrected chi connectivity index (χ0v) is 20.5. The Labute approximate surface area is 200 Å². The molecule has 2 aromatic rings. The lowest BCUT2D eigenvalue weighted by Crippen LogP contribution is -2.50. The monoisotopic (exact) mass is 466 g/mol. The first-order valence-corrected chi connectivity index (χ1v) is 12.2. The molecule has 7 nitrogen and oxygen atoms in total. The van der Waals surface area contributed by atoms with Crippen LogP contribution in [0.5, 0.6) is 0 Å². The predicted octanol–water partition coefficient (Wildman–Crippen LogP) is 4.86. The number of hydrogen-bond acceptors (Lipinski definition) is 5. The van der Waals surface area contributed by atoms with Crippen molar-refractivity contribution >= 4 is 28.9 Å². The first-order valence-electron chi connectivity index (χ1n) is 12.2. The van der Waals surface area contributed by atoms with Crippen molar-refractivity contribution in [2.24, 2.45) is 5.92 Å². The van der Waals surface area contributed by atoms with Gasteiger partial charge in [0.1, 0.15) is 5.60 Å². The summed E-state index contributed by atoms with van der Waals surface area (Å²) >= 11 is 0. The van der Waals surface area contributed by atoms with Crippen LogP contribution in [0.4, 0.5) is 4.79 Å². The van der Waals surface area contributed by atoms with E-state index in [0.717, 1.165) is 34.9 Å². The van der Waals surface area contributed by atoms with Crippen molar-refractivity contribution in [1.29, 1.82) is 0 Å². The normalized spacial score (nSPS) is 20.6. The minimum absolute atomic E-state index is 0.0960. The SMILES string of the molecule is CCOC(=O)C1=C[C@@H]2CCC(=O)N(CCc3cn(C(=O)OC(C)(C)C)c4ccccc34)[C@H]2CC1. The molecule has 7 heteroatoms. The van der Waals surface area contributed by atoms with Crippen LogP contribution < -0.4 is 0 Å². The summed E-state index contributed by atoms with van der Waals surface area (Å²) in [6.07, 6.45) is 6.73. The number of carbonyl (C=O) groups excluding carboxylic acids is 3. The molecule has 1 aromatic carbocycles. The predicted molar refractivity (Wildman–Crippen MR) is 129 cm³/mol. The summed E-state index contributed by atoms with van der Waals surface area (Å²) < 4.78 is 12.3. The summed E-state index contributed by atoms with van der Waals surface area (Å²) in [6.45, 7) is 8.30. The van der Waals surface area contributed by atoms with Crippen molar-refractivity contribution in [3.05, 3.63) is 47.7 Å². The van der Waals surface area contributed by atoms with Gasteiger partial charge in [0.05, 0.1) is 12.1 Å². The maximum absolute atomic E-state index is 12.9. The highest BCUT2D eigenvalue weighted by Crippen LogP contribution is 2.35. The Hall–Kier alpha value is -3.09. The smallest absolute Gasteiger partial charge is 0.419 e. The number of esters is 1. The highest BCUT2D eigenvalue weighted by atomic mass is 16.6. The third kappa shape index (κ3) is 5.03. The average molecular weight is 467 g/mol. The molecule has 0 saturated carbocycles. The van der Waals surface area contributed by atoms with Crippen molar-refractivity contribution in [2.45, 2.75) is 71.4 Å². The lowest BCUT2D eigenvalue weighted by Gasteiger charge is -2.42. The summed E-state index contributed by atoms with van der Waals surface area (Å²) in [4.78, 5) is 39.8. The molecule has 1 aliphatic carbocycles. The van der Waals surface area contributed by atoms with Crippen LogP contribution in [0.2, 0.25) is 0 Å². The van der Waals surface area contributed by atoms with E-state index in [4.69, 9.17) is 9.47 Å². The lowest BCUT2D eigenvalue weighted by atomic mass is 9.79. The fraction of sp³-hybridized carbons (Fsp3) is 0.519. The maximum Gasteiger partial charge on any atom is 0.419 e. The first-order chi connectivity index (χ1) is 16.2. The molecule has 0 radical (unpaired) electrons. The van der Waals surface area contributed by atoms with E-state index in [-0.39, 0.29) is 23.8 Å². The Balaban J connectivity index is 1.53. The largest absolute Gasteiger partial charge is 0.463 e. The highest BCUT2D eigenvalue weighted by Gasteiger charge is 2.37. The zero-order valence-electron chi connectivity index (χ0n) is 20.5. The molecule has 0 unspecified atom stereocenters. The van der Waals surface area contributed by atoms with Crippen LogP contribution in [-0.4, -0.2) is 52.2 Å². The van der Waals surface area contributed by atoms with Crippen molar-refractivity contribution in [1.82, 2.24) is 9.47 Å². The Kier molecular flexibility index (Phi) is 6.82. The minimum Gasteiger partial charge on any atom is -0.463 e. The van der Waals surface area contributed by atoms with Gasteiger partial charge in [0, 0.05) is 36.2 Å². The quantitative estimate of drug-likeness (QED) is 0.588. The maximum atomic E-state index is 12.9. The number of nitrogens with zero attached hydrogens (tertiary/aromatic N) is 2. The number of ether oxygens (including phenoxy) is 2. The van der Waals surface area contributed by atoms with Crippen LogP contribution >= 0.6 is 0 Å². The number of rotatable bonds is 5. The highest BCUT2D eigenvalue weighted by molar-refractivity contribution is 5.92. The number of amides is 1. The van der Waals surface area contributed by atoms with Gasteiger partial charge in [0.2, 0.25) is 5.91 Å². The van der Waals surface area contributed by atoms with E-state index >= 15 is 0 Å². The summed E-state index contributed by atoms with van der Waals surface area (Å²) in [7, 11) is 0. The van der Waals surface area contributed by atoms with Gasteiger partial charge in [0.15, 0.2) is 0 Å². The van der Waals surface area contributed by atoms with Gasteiger partial charge in [0.25, 0.3) is 0 Å². The van der Waals surface area contributed by atoms with Crippen molar-refractivity contribution in [2.75, 3.05) is 13.2 Å². The minimum atomic E-state index is -0.589. The molecule has 2 heterocycles.